The number of alkyl halides is 1. The normalized spacial score (nSPS) is 12.1. The Hall–Kier alpha value is -0.310. The van der Waals surface area contributed by atoms with Crippen molar-refractivity contribution in [1.29, 1.82) is 0 Å². The Labute approximate surface area is 94.8 Å². The van der Waals surface area contributed by atoms with Gasteiger partial charge in [0.25, 0.3) is 0 Å². The first-order chi connectivity index (χ1) is 6.45. The number of hydrogen-bond acceptors (Lipinski definition) is 1. The summed E-state index contributed by atoms with van der Waals surface area (Å²) in [6.07, 6.45) is 4.43. The second-order valence-corrected chi connectivity index (χ2v) is 5.51. The lowest BCUT2D eigenvalue weighted by molar-refractivity contribution is 0.547. The zero-order chi connectivity index (χ0) is 10.8. The Morgan fingerprint density at radius 2 is 2.07 bits per heavy atom. The van der Waals surface area contributed by atoms with Crippen LogP contribution in [0.3, 0.4) is 0 Å². The minimum Gasteiger partial charge on any atom is -0.275 e. The Morgan fingerprint density at radius 1 is 1.43 bits per heavy atom. The summed E-state index contributed by atoms with van der Waals surface area (Å²) in [6.45, 7) is 6.65. The second-order valence-electron chi connectivity index (χ2n) is 4.72. The van der Waals surface area contributed by atoms with Crippen molar-refractivity contribution in [2.75, 3.05) is 5.33 Å². The Bertz CT molecular complexity index is 297. The third-order valence-corrected chi connectivity index (χ3v) is 2.76. The summed E-state index contributed by atoms with van der Waals surface area (Å²) in [6, 6.07) is 0. The third-order valence-electron chi connectivity index (χ3n) is 2.19. The maximum Gasteiger partial charge on any atom is 0.0709 e. The molecule has 3 heteroatoms. The average Bonchev–Trinajstić information content (AvgIpc) is 2.42. The van der Waals surface area contributed by atoms with E-state index in [1.54, 1.807) is 0 Å². The van der Waals surface area contributed by atoms with Crippen LogP contribution in [0.5, 0.6) is 0 Å². The monoisotopic (exact) mass is 258 g/mol. The first kappa shape index (κ1) is 11.8. The van der Waals surface area contributed by atoms with E-state index < -0.39 is 0 Å². The summed E-state index contributed by atoms with van der Waals surface area (Å²) in [5.74, 6) is 0. The quantitative estimate of drug-likeness (QED) is 0.763. The van der Waals surface area contributed by atoms with Gasteiger partial charge in [-0.3, -0.25) is 4.68 Å². The smallest absolute Gasteiger partial charge is 0.0709 e. The highest BCUT2D eigenvalue weighted by Gasteiger charge is 2.21. The first-order valence-electron chi connectivity index (χ1n) is 5.04. The van der Waals surface area contributed by atoms with Crippen molar-refractivity contribution in [3.63, 3.8) is 0 Å². The van der Waals surface area contributed by atoms with E-state index in [0.717, 1.165) is 11.8 Å². The Kier molecular flexibility index (Phi) is 3.76. The van der Waals surface area contributed by atoms with Gasteiger partial charge in [0.2, 0.25) is 0 Å². The zero-order valence-electron chi connectivity index (χ0n) is 9.47. The molecular weight excluding hydrogens is 240 g/mol. The minimum absolute atomic E-state index is 0.156. The summed E-state index contributed by atoms with van der Waals surface area (Å²) >= 11 is 3.46. The molecule has 1 heterocycles. The van der Waals surface area contributed by atoms with Gasteiger partial charge >= 0.3 is 0 Å². The highest BCUT2D eigenvalue weighted by molar-refractivity contribution is 9.09. The van der Waals surface area contributed by atoms with E-state index in [4.69, 9.17) is 0 Å². The van der Waals surface area contributed by atoms with Crippen LogP contribution in [0.4, 0.5) is 0 Å². The van der Waals surface area contributed by atoms with Gasteiger partial charge < -0.3 is 0 Å². The predicted molar refractivity (Wildman–Crippen MR) is 64.0 cm³/mol. The summed E-state index contributed by atoms with van der Waals surface area (Å²) in [7, 11) is 1.99. The Morgan fingerprint density at radius 3 is 2.57 bits per heavy atom. The van der Waals surface area contributed by atoms with Gasteiger partial charge in [0.15, 0.2) is 0 Å². The zero-order valence-corrected chi connectivity index (χ0v) is 11.1. The molecule has 0 N–H and O–H groups in total. The molecular formula is C11H19BrN2. The molecule has 0 radical (unpaired) electrons. The molecule has 1 aromatic rings. The van der Waals surface area contributed by atoms with E-state index in [-0.39, 0.29) is 5.41 Å². The molecule has 1 aromatic heterocycles. The fraction of sp³-hybridized carbons (Fsp3) is 0.727. The molecule has 14 heavy (non-hydrogen) atoms. The molecule has 0 aromatic carbocycles. The van der Waals surface area contributed by atoms with Crippen LogP contribution in [0.2, 0.25) is 0 Å². The number of nitrogens with zero attached hydrogens (tertiary/aromatic N) is 2. The van der Waals surface area contributed by atoms with Crippen molar-refractivity contribution in [2.45, 2.75) is 39.0 Å². The molecule has 80 valence electrons. The molecule has 0 aliphatic heterocycles. The molecule has 0 atom stereocenters. The van der Waals surface area contributed by atoms with E-state index in [2.05, 4.69) is 48.0 Å². The van der Waals surface area contributed by atoms with Crippen LogP contribution in [0, 0.1) is 0 Å². The van der Waals surface area contributed by atoms with Gasteiger partial charge in [-0.05, 0) is 18.4 Å². The van der Waals surface area contributed by atoms with E-state index in [1.165, 1.54) is 17.7 Å². The minimum atomic E-state index is 0.156. The van der Waals surface area contributed by atoms with Gasteiger partial charge in [0, 0.05) is 24.0 Å². The summed E-state index contributed by atoms with van der Waals surface area (Å²) in [5, 5.41) is 5.60. The standard InChI is InChI=1S/C11H19BrN2/c1-11(2,3)10-9(6-5-7-12)8-14(4)13-10/h8H,5-7H2,1-4H3. The number of aromatic nitrogens is 2. The van der Waals surface area contributed by atoms with Crippen LogP contribution in [0.15, 0.2) is 6.20 Å². The van der Waals surface area contributed by atoms with E-state index in [9.17, 15) is 0 Å². The third kappa shape index (κ3) is 2.84. The molecule has 0 fully saturated rings. The fourth-order valence-corrected chi connectivity index (χ4v) is 1.89. The number of hydrogen-bond donors (Lipinski definition) is 0. The fourth-order valence-electron chi connectivity index (χ4n) is 1.61. The highest BCUT2D eigenvalue weighted by atomic mass is 79.9. The highest BCUT2D eigenvalue weighted by Crippen LogP contribution is 2.24. The molecule has 0 saturated carbocycles. The van der Waals surface area contributed by atoms with Crippen molar-refractivity contribution in [2.24, 2.45) is 7.05 Å². The molecule has 1 rings (SSSR count). The molecule has 2 nitrogen and oxygen atoms in total. The van der Waals surface area contributed by atoms with E-state index >= 15 is 0 Å². The van der Waals surface area contributed by atoms with E-state index in [1.807, 2.05) is 11.7 Å². The van der Waals surface area contributed by atoms with Gasteiger partial charge in [-0.1, -0.05) is 36.7 Å². The van der Waals surface area contributed by atoms with Gasteiger partial charge in [-0.15, -0.1) is 0 Å². The lowest BCUT2D eigenvalue weighted by Gasteiger charge is -2.17. The Balaban J connectivity index is 2.91. The largest absolute Gasteiger partial charge is 0.275 e. The van der Waals surface area contributed by atoms with Gasteiger partial charge in [-0.25, -0.2) is 0 Å². The van der Waals surface area contributed by atoms with Gasteiger partial charge in [0.05, 0.1) is 5.69 Å². The molecule has 0 bridgehead atoms. The molecule has 0 saturated heterocycles. The van der Waals surface area contributed by atoms with Crippen molar-refractivity contribution in [3.05, 3.63) is 17.5 Å². The predicted octanol–water partition coefficient (Wildman–Crippen LogP) is 3.05. The lowest BCUT2D eigenvalue weighted by atomic mass is 9.88. The first-order valence-corrected chi connectivity index (χ1v) is 6.16. The molecule has 0 aliphatic carbocycles. The average molecular weight is 259 g/mol. The molecule has 0 unspecified atom stereocenters. The molecule has 0 aliphatic rings. The van der Waals surface area contributed by atoms with Crippen LogP contribution in [0.25, 0.3) is 0 Å². The van der Waals surface area contributed by atoms with Crippen molar-refractivity contribution in [1.82, 2.24) is 9.78 Å². The maximum atomic E-state index is 4.54. The number of halogens is 1. The maximum absolute atomic E-state index is 4.54. The van der Waals surface area contributed by atoms with Crippen LogP contribution in [-0.2, 0) is 18.9 Å². The summed E-state index contributed by atoms with van der Waals surface area (Å²) in [4.78, 5) is 0. The number of aryl methyl sites for hydroxylation is 2. The topological polar surface area (TPSA) is 17.8 Å². The SMILES string of the molecule is Cn1cc(CCCBr)c(C(C)(C)C)n1. The molecule has 0 amide bonds. The summed E-state index contributed by atoms with van der Waals surface area (Å²) in [5.41, 5.74) is 2.78. The second kappa shape index (κ2) is 4.47. The van der Waals surface area contributed by atoms with Gasteiger partial charge in [0.1, 0.15) is 0 Å². The van der Waals surface area contributed by atoms with E-state index in [0.29, 0.717) is 0 Å². The van der Waals surface area contributed by atoms with Crippen LogP contribution in [-0.4, -0.2) is 15.1 Å². The lowest BCUT2D eigenvalue weighted by Crippen LogP contribution is -2.14. The van der Waals surface area contributed by atoms with Crippen LogP contribution >= 0.6 is 15.9 Å². The van der Waals surface area contributed by atoms with Gasteiger partial charge in [-0.2, -0.15) is 5.10 Å². The number of rotatable bonds is 3. The van der Waals surface area contributed by atoms with Crippen LogP contribution in [0.1, 0.15) is 38.4 Å². The van der Waals surface area contributed by atoms with Crippen molar-refractivity contribution >= 4 is 15.9 Å². The van der Waals surface area contributed by atoms with Crippen molar-refractivity contribution < 1.29 is 0 Å². The molecule has 0 spiro atoms. The summed E-state index contributed by atoms with van der Waals surface area (Å²) < 4.78 is 1.92. The van der Waals surface area contributed by atoms with Crippen LogP contribution < -0.4 is 0 Å². The van der Waals surface area contributed by atoms with Crippen molar-refractivity contribution in [3.8, 4) is 0 Å².